The number of nitriles is 1. The van der Waals surface area contributed by atoms with Crippen molar-refractivity contribution in [3.8, 4) is 6.07 Å². The van der Waals surface area contributed by atoms with Crippen LogP contribution in [-0.4, -0.2) is 33.6 Å². The zero-order chi connectivity index (χ0) is 25.9. The highest BCUT2D eigenvalue weighted by atomic mass is 79.9. The number of fused-ring (bicyclic) bond motifs is 3. The molecule has 1 aliphatic rings. The number of amides is 1. The van der Waals surface area contributed by atoms with Crippen molar-refractivity contribution in [2.24, 2.45) is 0 Å². The van der Waals surface area contributed by atoms with Crippen LogP contribution in [0.2, 0.25) is 0 Å². The average molecular weight is 599 g/mol. The van der Waals surface area contributed by atoms with Crippen molar-refractivity contribution < 1.29 is 13.6 Å². The Bertz CT molecular complexity index is 1580. The summed E-state index contributed by atoms with van der Waals surface area (Å²) in [6, 6.07) is 15.0. The monoisotopic (exact) mass is 597 g/mol. The minimum Gasteiger partial charge on any atom is -0.333 e. The molecule has 38 heavy (non-hydrogen) atoms. The molecule has 3 heterocycles. The van der Waals surface area contributed by atoms with Crippen LogP contribution in [0, 0.1) is 23.1 Å². The summed E-state index contributed by atoms with van der Waals surface area (Å²) in [7, 11) is 0. The molecule has 0 atom stereocenters. The summed E-state index contributed by atoms with van der Waals surface area (Å²) in [6.45, 7) is 2.21. The van der Waals surface area contributed by atoms with Crippen LogP contribution in [-0.2, 0) is 19.5 Å². The van der Waals surface area contributed by atoms with Gasteiger partial charge in [0.1, 0.15) is 5.82 Å². The van der Waals surface area contributed by atoms with Crippen LogP contribution in [0.25, 0.3) is 17.0 Å². The Kier molecular flexibility index (Phi) is 8.57. The van der Waals surface area contributed by atoms with Crippen LogP contribution >= 0.6 is 28.3 Å². The molecule has 194 valence electrons. The molecule has 0 aliphatic carbocycles. The lowest BCUT2D eigenvalue weighted by molar-refractivity contribution is 0.240. The van der Waals surface area contributed by atoms with E-state index < -0.39 is 5.95 Å². The van der Waals surface area contributed by atoms with Crippen LogP contribution in [0.4, 0.5) is 13.6 Å². The molecule has 10 heteroatoms. The Morgan fingerprint density at radius 3 is 2.79 bits per heavy atom. The van der Waals surface area contributed by atoms with Gasteiger partial charge in [0.25, 0.3) is 0 Å². The van der Waals surface area contributed by atoms with Gasteiger partial charge in [0, 0.05) is 49.9 Å². The van der Waals surface area contributed by atoms with Gasteiger partial charge in [-0.05, 0) is 75.1 Å². The van der Waals surface area contributed by atoms with Crippen molar-refractivity contribution in [3.05, 3.63) is 105 Å². The van der Waals surface area contributed by atoms with Gasteiger partial charge in [-0.15, -0.1) is 12.4 Å². The molecule has 4 aromatic rings. The molecule has 0 saturated heterocycles. The Morgan fingerprint density at radius 2 is 2.03 bits per heavy atom. The third-order valence-electron chi connectivity index (χ3n) is 6.41. The van der Waals surface area contributed by atoms with E-state index in [1.165, 1.54) is 18.3 Å². The number of rotatable bonds is 5. The number of halogens is 4. The molecule has 0 saturated carbocycles. The van der Waals surface area contributed by atoms with Crippen LogP contribution < -0.4 is 5.32 Å². The third-order valence-corrected chi connectivity index (χ3v) is 7.02. The number of nitrogens with one attached hydrogen (secondary N) is 1. The summed E-state index contributed by atoms with van der Waals surface area (Å²) in [5, 5.41) is 13.2. The molecule has 0 fully saturated rings. The van der Waals surface area contributed by atoms with Crippen molar-refractivity contribution in [2.75, 3.05) is 13.1 Å². The van der Waals surface area contributed by atoms with Gasteiger partial charge in [-0.3, -0.25) is 9.47 Å². The van der Waals surface area contributed by atoms with E-state index in [0.29, 0.717) is 35.1 Å². The van der Waals surface area contributed by atoms with E-state index in [9.17, 15) is 18.8 Å². The van der Waals surface area contributed by atoms with Gasteiger partial charge in [-0.1, -0.05) is 18.2 Å². The van der Waals surface area contributed by atoms with Gasteiger partial charge >= 0.3 is 6.03 Å². The SMILES string of the molecule is Cl.N#Cc1ccc2c(c1)c1c(n2C(=O)NCc2ccnc(F)c2)CCN(C/C=C/c2ccc(F)c(Br)c2)C1. The maximum absolute atomic E-state index is 13.5. The minimum atomic E-state index is -0.597. The number of carbonyl (C=O) groups excluding carboxylic acids is 1. The Morgan fingerprint density at radius 1 is 1.18 bits per heavy atom. The molecular weight excluding hydrogens is 576 g/mol. The molecule has 1 aliphatic heterocycles. The number of hydrogen-bond donors (Lipinski definition) is 1. The van der Waals surface area contributed by atoms with Crippen LogP contribution in [0.3, 0.4) is 0 Å². The Balaban J connectivity index is 0.00000336. The summed E-state index contributed by atoms with van der Waals surface area (Å²) in [5.41, 5.74) is 4.69. The van der Waals surface area contributed by atoms with Gasteiger partial charge in [0.05, 0.1) is 21.6 Å². The molecule has 0 radical (unpaired) electrons. The predicted molar refractivity (Wildman–Crippen MR) is 148 cm³/mol. The van der Waals surface area contributed by atoms with Crippen molar-refractivity contribution in [1.82, 2.24) is 19.8 Å². The normalized spacial score (nSPS) is 13.2. The van der Waals surface area contributed by atoms with E-state index in [0.717, 1.165) is 34.3 Å². The summed E-state index contributed by atoms with van der Waals surface area (Å²) in [4.78, 5) is 19.1. The topological polar surface area (TPSA) is 74.0 Å². The van der Waals surface area contributed by atoms with Crippen molar-refractivity contribution in [3.63, 3.8) is 0 Å². The second-order valence-electron chi connectivity index (χ2n) is 8.81. The smallest absolute Gasteiger partial charge is 0.326 e. The predicted octanol–water partition coefficient (Wildman–Crippen LogP) is 6.20. The highest BCUT2D eigenvalue weighted by Gasteiger charge is 2.26. The molecular formula is C28H23BrClF2N5O. The fraction of sp³-hybridized carbons (Fsp3) is 0.179. The molecule has 2 aromatic carbocycles. The van der Waals surface area contributed by atoms with Gasteiger partial charge in [0.2, 0.25) is 5.95 Å². The van der Waals surface area contributed by atoms with Gasteiger partial charge in [0.15, 0.2) is 0 Å². The van der Waals surface area contributed by atoms with E-state index in [-0.39, 0.29) is 30.8 Å². The first-order valence-corrected chi connectivity index (χ1v) is 12.5. The molecule has 2 aromatic heterocycles. The van der Waals surface area contributed by atoms with Crippen molar-refractivity contribution >= 4 is 51.3 Å². The highest BCUT2D eigenvalue weighted by Crippen LogP contribution is 2.32. The summed E-state index contributed by atoms with van der Waals surface area (Å²) in [5.74, 6) is -0.897. The second-order valence-corrected chi connectivity index (χ2v) is 9.67. The molecule has 0 spiro atoms. The maximum atomic E-state index is 13.5. The van der Waals surface area contributed by atoms with Crippen molar-refractivity contribution in [2.45, 2.75) is 19.5 Å². The minimum absolute atomic E-state index is 0. The largest absolute Gasteiger partial charge is 0.333 e. The molecule has 0 unspecified atom stereocenters. The zero-order valence-corrected chi connectivity index (χ0v) is 22.5. The van der Waals surface area contributed by atoms with E-state index >= 15 is 0 Å². The van der Waals surface area contributed by atoms with Crippen LogP contribution in [0.5, 0.6) is 0 Å². The van der Waals surface area contributed by atoms with Crippen molar-refractivity contribution in [1.29, 1.82) is 5.26 Å². The third kappa shape index (κ3) is 5.78. The number of pyridine rings is 1. The number of nitrogens with zero attached hydrogens (tertiary/aromatic N) is 4. The number of hydrogen-bond acceptors (Lipinski definition) is 4. The fourth-order valence-corrected chi connectivity index (χ4v) is 5.03. The lowest BCUT2D eigenvalue weighted by atomic mass is 10.0. The van der Waals surface area contributed by atoms with E-state index in [2.05, 4.69) is 37.2 Å². The zero-order valence-electron chi connectivity index (χ0n) is 20.1. The molecule has 5 rings (SSSR count). The second kappa shape index (κ2) is 11.9. The molecule has 1 N–H and O–H groups in total. The van der Waals surface area contributed by atoms with Crippen LogP contribution in [0.15, 0.2) is 65.3 Å². The average Bonchev–Trinajstić information content (AvgIpc) is 3.22. The summed E-state index contributed by atoms with van der Waals surface area (Å²) >= 11 is 3.21. The molecule has 6 nitrogen and oxygen atoms in total. The van der Waals surface area contributed by atoms with E-state index in [1.54, 1.807) is 34.9 Å². The van der Waals surface area contributed by atoms with E-state index in [1.807, 2.05) is 18.2 Å². The van der Waals surface area contributed by atoms with Gasteiger partial charge in [-0.2, -0.15) is 9.65 Å². The standard InChI is InChI=1S/C28H22BrF2N5O.ClH/c29-23-13-18(3-5-24(23)30)2-1-10-35-11-8-26-22(17-35)21-12-19(15-32)4-6-25(21)36(26)28(37)34-16-20-7-9-33-27(31)14-20;/h1-7,9,12-14H,8,10-11,16-17H2,(H,34,37);1H/b2-1+;. The Hall–Kier alpha value is -3.58. The number of carbonyl (C=O) groups is 1. The summed E-state index contributed by atoms with van der Waals surface area (Å²) < 4.78 is 29.0. The lowest BCUT2D eigenvalue weighted by Crippen LogP contribution is -2.34. The quantitative estimate of drug-likeness (QED) is 0.278. The maximum Gasteiger partial charge on any atom is 0.326 e. The fourth-order valence-electron chi connectivity index (χ4n) is 4.63. The highest BCUT2D eigenvalue weighted by molar-refractivity contribution is 9.10. The summed E-state index contributed by atoms with van der Waals surface area (Å²) in [6.07, 6.45) is 6.00. The van der Waals surface area contributed by atoms with Gasteiger partial charge < -0.3 is 5.32 Å². The number of benzene rings is 2. The first-order chi connectivity index (χ1) is 17.9. The van der Waals surface area contributed by atoms with Crippen LogP contribution in [0.1, 0.15) is 27.9 Å². The first-order valence-electron chi connectivity index (χ1n) is 11.7. The first kappa shape index (κ1) is 27.5. The number of aromatic nitrogens is 2. The molecule has 1 amide bonds. The lowest BCUT2D eigenvalue weighted by Gasteiger charge is -2.27. The molecule has 0 bridgehead atoms. The van der Waals surface area contributed by atoms with E-state index in [4.69, 9.17) is 0 Å². The Labute approximate surface area is 233 Å². The van der Waals surface area contributed by atoms with Gasteiger partial charge in [-0.25, -0.2) is 14.2 Å².